The topological polar surface area (TPSA) is 59.9 Å². The lowest BCUT2D eigenvalue weighted by Gasteiger charge is -2.10. The molecule has 2 rings (SSSR count). The molecule has 0 unspecified atom stereocenters. The van der Waals surface area contributed by atoms with Crippen molar-refractivity contribution in [3.05, 3.63) is 58.1 Å². The number of hydrazone groups is 1. The Balaban J connectivity index is 2.00. The van der Waals surface area contributed by atoms with Gasteiger partial charge in [0, 0.05) is 0 Å². The Morgan fingerprint density at radius 3 is 2.61 bits per heavy atom. The normalized spacial score (nSPS) is 10.6. The van der Waals surface area contributed by atoms with Crippen LogP contribution >= 0.6 is 15.9 Å². The summed E-state index contributed by atoms with van der Waals surface area (Å²) in [6, 6.07) is 13.1. The fourth-order valence-corrected chi connectivity index (χ4v) is 2.63. The molecule has 0 saturated carbocycles. The second kappa shape index (κ2) is 8.33. The van der Waals surface area contributed by atoms with E-state index in [1.54, 1.807) is 26.5 Å². The number of nitrogens with zero attached hydrogens (tertiary/aromatic N) is 1. The molecule has 0 heterocycles. The van der Waals surface area contributed by atoms with Crippen LogP contribution < -0.4 is 14.9 Å². The smallest absolute Gasteiger partial charge is 0.244 e. The molecule has 1 N–H and O–H groups in total. The Bertz CT molecular complexity index is 702. The van der Waals surface area contributed by atoms with Crippen LogP contribution in [0.5, 0.6) is 11.5 Å². The van der Waals surface area contributed by atoms with Crippen molar-refractivity contribution in [3.8, 4) is 11.5 Å². The first-order chi connectivity index (χ1) is 11.1. The third-order valence-electron chi connectivity index (χ3n) is 3.07. The fraction of sp³-hybridized carbons (Fsp3) is 0.176. The van der Waals surface area contributed by atoms with Crippen molar-refractivity contribution < 1.29 is 14.3 Å². The highest BCUT2D eigenvalue weighted by Crippen LogP contribution is 2.35. The zero-order valence-electron chi connectivity index (χ0n) is 12.9. The number of hydrogen-bond acceptors (Lipinski definition) is 4. The molecule has 0 atom stereocenters. The van der Waals surface area contributed by atoms with E-state index in [1.807, 2.05) is 36.4 Å². The molecule has 1 amide bonds. The summed E-state index contributed by atoms with van der Waals surface area (Å²) in [7, 11) is 3.13. The second-order valence-electron chi connectivity index (χ2n) is 4.69. The maximum atomic E-state index is 11.8. The van der Waals surface area contributed by atoms with Crippen molar-refractivity contribution in [2.75, 3.05) is 14.2 Å². The number of carbonyl (C=O) groups excluding carboxylic acids is 1. The molecule has 0 aliphatic rings. The SMILES string of the molecule is COc1cc(/C=N\NC(=O)Cc2ccccc2)cc(Br)c1OC. The molecule has 120 valence electrons. The lowest BCUT2D eigenvalue weighted by Crippen LogP contribution is -2.19. The highest BCUT2D eigenvalue weighted by Gasteiger charge is 2.09. The highest BCUT2D eigenvalue weighted by molar-refractivity contribution is 9.10. The van der Waals surface area contributed by atoms with Gasteiger partial charge in [-0.05, 0) is 39.2 Å². The van der Waals surface area contributed by atoms with E-state index in [-0.39, 0.29) is 12.3 Å². The minimum absolute atomic E-state index is 0.174. The quantitative estimate of drug-likeness (QED) is 0.622. The molecule has 0 radical (unpaired) electrons. The van der Waals surface area contributed by atoms with Gasteiger partial charge in [-0.3, -0.25) is 4.79 Å². The number of nitrogens with one attached hydrogen (secondary N) is 1. The standard InChI is InChI=1S/C17H17BrN2O3/c1-22-15-9-13(8-14(18)17(15)23-2)11-19-20-16(21)10-12-6-4-3-5-7-12/h3-9,11H,10H2,1-2H3,(H,20,21)/b19-11-. The van der Waals surface area contributed by atoms with E-state index in [4.69, 9.17) is 9.47 Å². The number of halogens is 1. The van der Waals surface area contributed by atoms with Crippen molar-refractivity contribution >= 4 is 28.1 Å². The lowest BCUT2D eigenvalue weighted by molar-refractivity contribution is -0.120. The number of hydrogen-bond donors (Lipinski definition) is 1. The zero-order chi connectivity index (χ0) is 16.7. The van der Waals surface area contributed by atoms with Gasteiger partial charge < -0.3 is 9.47 Å². The summed E-state index contributed by atoms with van der Waals surface area (Å²) in [4.78, 5) is 11.8. The molecule has 0 spiro atoms. The summed E-state index contributed by atoms with van der Waals surface area (Å²) in [6.07, 6.45) is 1.84. The first-order valence-electron chi connectivity index (χ1n) is 6.91. The van der Waals surface area contributed by atoms with E-state index in [9.17, 15) is 4.79 Å². The van der Waals surface area contributed by atoms with Crippen LogP contribution in [0.2, 0.25) is 0 Å². The molecule has 0 bridgehead atoms. The molecule has 0 aromatic heterocycles. The van der Waals surface area contributed by atoms with Gasteiger partial charge in [0.1, 0.15) is 0 Å². The number of methoxy groups -OCH3 is 2. The predicted molar refractivity (Wildman–Crippen MR) is 93.1 cm³/mol. The molecule has 0 saturated heterocycles. The van der Waals surface area contributed by atoms with Crippen LogP contribution in [-0.4, -0.2) is 26.3 Å². The van der Waals surface area contributed by atoms with E-state index < -0.39 is 0 Å². The van der Waals surface area contributed by atoms with Crippen molar-refractivity contribution in [1.29, 1.82) is 0 Å². The fourth-order valence-electron chi connectivity index (χ4n) is 2.01. The maximum absolute atomic E-state index is 11.8. The van der Waals surface area contributed by atoms with E-state index in [0.717, 1.165) is 15.6 Å². The molecule has 5 nitrogen and oxygen atoms in total. The summed E-state index contributed by atoms with van der Waals surface area (Å²) >= 11 is 3.41. The molecule has 0 fully saturated rings. The summed E-state index contributed by atoms with van der Waals surface area (Å²) in [5.41, 5.74) is 4.22. The van der Waals surface area contributed by atoms with Crippen LogP contribution in [0.1, 0.15) is 11.1 Å². The zero-order valence-corrected chi connectivity index (χ0v) is 14.5. The lowest BCUT2D eigenvalue weighted by atomic mass is 10.1. The summed E-state index contributed by atoms with van der Waals surface area (Å²) < 4.78 is 11.3. The number of carbonyl (C=O) groups is 1. The van der Waals surface area contributed by atoms with Gasteiger partial charge >= 0.3 is 0 Å². The van der Waals surface area contributed by atoms with Crippen molar-refractivity contribution in [3.63, 3.8) is 0 Å². The van der Waals surface area contributed by atoms with E-state index in [2.05, 4.69) is 26.5 Å². The summed E-state index contributed by atoms with van der Waals surface area (Å²) in [5, 5.41) is 3.97. The van der Waals surface area contributed by atoms with Gasteiger partial charge in [-0.1, -0.05) is 30.3 Å². The van der Waals surface area contributed by atoms with Crippen molar-refractivity contribution in [1.82, 2.24) is 5.43 Å². The number of benzene rings is 2. The molecule has 2 aromatic rings. The predicted octanol–water partition coefficient (Wildman–Crippen LogP) is 3.16. The monoisotopic (exact) mass is 376 g/mol. The third-order valence-corrected chi connectivity index (χ3v) is 3.66. The van der Waals surface area contributed by atoms with Crippen LogP contribution in [-0.2, 0) is 11.2 Å². The van der Waals surface area contributed by atoms with Crippen molar-refractivity contribution in [2.45, 2.75) is 6.42 Å². The first-order valence-corrected chi connectivity index (χ1v) is 7.70. The Hall–Kier alpha value is -2.34. The molecule has 2 aromatic carbocycles. The Labute approximate surface area is 143 Å². The largest absolute Gasteiger partial charge is 0.493 e. The number of rotatable bonds is 6. The van der Waals surface area contributed by atoms with E-state index >= 15 is 0 Å². The Kier molecular flexibility index (Phi) is 6.17. The van der Waals surface area contributed by atoms with Gasteiger partial charge in [0.15, 0.2) is 11.5 Å². The molecule has 6 heteroatoms. The average Bonchev–Trinajstić information content (AvgIpc) is 2.55. The van der Waals surface area contributed by atoms with E-state index in [1.165, 1.54) is 0 Å². The van der Waals surface area contributed by atoms with Crippen LogP contribution in [0, 0.1) is 0 Å². The number of ether oxygens (including phenoxy) is 2. The van der Waals surface area contributed by atoms with Gasteiger partial charge in [-0.15, -0.1) is 0 Å². The summed E-state index contributed by atoms with van der Waals surface area (Å²) in [5.74, 6) is 1.02. The van der Waals surface area contributed by atoms with Crippen LogP contribution in [0.3, 0.4) is 0 Å². The minimum Gasteiger partial charge on any atom is -0.493 e. The van der Waals surface area contributed by atoms with Gasteiger partial charge in [0.2, 0.25) is 5.91 Å². The molecular formula is C17H17BrN2O3. The van der Waals surface area contributed by atoms with Crippen LogP contribution in [0.25, 0.3) is 0 Å². The average molecular weight is 377 g/mol. The molecular weight excluding hydrogens is 360 g/mol. The summed E-state index contributed by atoms with van der Waals surface area (Å²) in [6.45, 7) is 0. The second-order valence-corrected chi connectivity index (χ2v) is 5.55. The molecule has 0 aliphatic heterocycles. The van der Waals surface area contributed by atoms with Crippen LogP contribution in [0.4, 0.5) is 0 Å². The Morgan fingerprint density at radius 1 is 1.22 bits per heavy atom. The van der Waals surface area contributed by atoms with Crippen molar-refractivity contribution in [2.24, 2.45) is 5.10 Å². The van der Waals surface area contributed by atoms with Gasteiger partial charge in [0.05, 0.1) is 31.3 Å². The van der Waals surface area contributed by atoms with Gasteiger partial charge in [-0.2, -0.15) is 5.10 Å². The minimum atomic E-state index is -0.174. The van der Waals surface area contributed by atoms with E-state index in [0.29, 0.717) is 11.5 Å². The molecule has 23 heavy (non-hydrogen) atoms. The first kappa shape index (κ1) is 17.0. The maximum Gasteiger partial charge on any atom is 0.244 e. The van der Waals surface area contributed by atoms with Gasteiger partial charge in [0.25, 0.3) is 0 Å². The van der Waals surface area contributed by atoms with Gasteiger partial charge in [-0.25, -0.2) is 5.43 Å². The van der Waals surface area contributed by atoms with Crippen LogP contribution in [0.15, 0.2) is 52.0 Å². The molecule has 0 aliphatic carbocycles. The number of amides is 1. The Morgan fingerprint density at radius 2 is 1.96 bits per heavy atom. The third kappa shape index (κ3) is 4.82. The highest BCUT2D eigenvalue weighted by atomic mass is 79.9.